The number of carbonyl (C=O) groups excluding carboxylic acids is 1. The number of anilines is 2. The van der Waals surface area contributed by atoms with E-state index < -0.39 is 0 Å². The zero-order chi connectivity index (χ0) is 22.7. The van der Waals surface area contributed by atoms with Crippen LogP contribution in [0.1, 0.15) is 17.0 Å². The van der Waals surface area contributed by atoms with Gasteiger partial charge in [0.25, 0.3) is 0 Å². The van der Waals surface area contributed by atoms with Crippen LogP contribution in [0.2, 0.25) is 5.02 Å². The van der Waals surface area contributed by atoms with Gasteiger partial charge in [-0.1, -0.05) is 29.8 Å². The highest BCUT2D eigenvalue weighted by Crippen LogP contribution is 2.30. The summed E-state index contributed by atoms with van der Waals surface area (Å²) in [4.78, 5) is 17.4. The van der Waals surface area contributed by atoms with E-state index in [9.17, 15) is 4.79 Å². The van der Waals surface area contributed by atoms with Crippen LogP contribution in [0.15, 0.2) is 54.6 Å². The molecule has 2 aromatic carbocycles. The number of amides is 1. The van der Waals surface area contributed by atoms with Crippen molar-refractivity contribution in [3.63, 3.8) is 0 Å². The van der Waals surface area contributed by atoms with Crippen molar-refractivity contribution >= 4 is 35.0 Å². The highest BCUT2D eigenvalue weighted by atomic mass is 35.5. The molecule has 1 N–H and O–H groups in total. The first-order chi connectivity index (χ1) is 15.4. The van der Waals surface area contributed by atoms with Gasteiger partial charge in [0.2, 0.25) is 5.91 Å². The van der Waals surface area contributed by atoms with Crippen LogP contribution < -0.4 is 10.2 Å². The number of para-hydroxylation sites is 1. The topological polar surface area (TPSA) is 53.4 Å². The molecule has 2 heterocycles. The minimum Gasteiger partial charge on any atom is -0.367 e. The molecule has 1 aliphatic rings. The number of hydrogen-bond donors (Lipinski definition) is 1. The van der Waals surface area contributed by atoms with Crippen LogP contribution >= 0.6 is 11.6 Å². The molecule has 4 rings (SSSR count). The van der Waals surface area contributed by atoms with Crippen molar-refractivity contribution in [3.05, 3.63) is 76.6 Å². The van der Waals surface area contributed by atoms with Gasteiger partial charge in [0.05, 0.1) is 22.8 Å². The van der Waals surface area contributed by atoms with Gasteiger partial charge in [0.15, 0.2) is 0 Å². The van der Waals surface area contributed by atoms with Crippen molar-refractivity contribution < 1.29 is 4.79 Å². The molecule has 0 unspecified atom stereocenters. The Kier molecular flexibility index (Phi) is 6.63. The Balaban J connectivity index is 1.52. The zero-order valence-electron chi connectivity index (χ0n) is 18.7. The van der Waals surface area contributed by atoms with Gasteiger partial charge in [-0.25, -0.2) is 4.68 Å². The van der Waals surface area contributed by atoms with E-state index in [2.05, 4.69) is 27.3 Å². The molecule has 1 aromatic heterocycles. The van der Waals surface area contributed by atoms with E-state index in [1.54, 1.807) is 6.08 Å². The molecular formula is C25H28ClN5O. The second-order valence-corrected chi connectivity index (χ2v) is 8.54. The van der Waals surface area contributed by atoms with Gasteiger partial charge >= 0.3 is 0 Å². The first-order valence-corrected chi connectivity index (χ1v) is 11.1. The first kappa shape index (κ1) is 22.1. The monoisotopic (exact) mass is 449 g/mol. The number of nitrogens with zero attached hydrogens (tertiary/aromatic N) is 4. The first-order valence-electron chi connectivity index (χ1n) is 10.8. The van der Waals surface area contributed by atoms with Crippen LogP contribution in [-0.4, -0.2) is 53.8 Å². The van der Waals surface area contributed by atoms with E-state index in [0.717, 1.165) is 60.2 Å². The summed E-state index contributed by atoms with van der Waals surface area (Å²) < 4.78 is 1.90. The van der Waals surface area contributed by atoms with Gasteiger partial charge < -0.3 is 15.1 Å². The second kappa shape index (κ2) is 9.59. The maximum absolute atomic E-state index is 12.8. The standard InChI is InChI=1S/C25H28ClN5O/c1-18-22(19(2)31(28-18)21-7-5-4-6-8-21)10-12-25(32)27-23-17-20(26)9-11-24(23)30-15-13-29(3)14-16-30/h4-12,17H,13-16H2,1-3H3,(H,27,32)/b12-10+. The number of aromatic nitrogens is 2. The van der Waals surface area contributed by atoms with Crippen molar-refractivity contribution in [3.8, 4) is 5.69 Å². The van der Waals surface area contributed by atoms with Crippen LogP contribution in [0.25, 0.3) is 11.8 Å². The van der Waals surface area contributed by atoms with Gasteiger partial charge in [-0.15, -0.1) is 0 Å². The molecule has 1 aliphatic heterocycles. The van der Waals surface area contributed by atoms with Crippen molar-refractivity contribution in [1.29, 1.82) is 0 Å². The summed E-state index contributed by atoms with van der Waals surface area (Å²) in [6, 6.07) is 15.6. The Bertz CT molecular complexity index is 1130. The minimum absolute atomic E-state index is 0.200. The SMILES string of the molecule is Cc1nn(-c2ccccc2)c(C)c1/C=C/C(=O)Nc1cc(Cl)ccc1N1CCN(C)CC1. The third kappa shape index (κ3) is 4.87. The van der Waals surface area contributed by atoms with Crippen molar-refractivity contribution in [2.24, 2.45) is 0 Å². The number of likely N-dealkylation sites (N-methyl/N-ethyl adjacent to an activating group) is 1. The molecule has 1 saturated heterocycles. The smallest absolute Gasteiger partial charge is 0.248 e. The number of carbonyl (C=O) groups is 1. The van der Waals surface area contributed by atoms with E-state index in [1.807, 2.05) is 73.1 Å². The molecule has 166 valence electrons. The average molecular weight is 450 g/mol. The predicted molar refractivity (Wildman–Crippen MR) is 132 cm³/mol. The zero-order valence-corrected chi connectivity index (χ0v) is 19.4. The summed E-state index contributed by atoms with van der Waals surface area (Å²) in [5.41, 5.74) is 5.51. The summed E-state index contributed by atoms with van der Waals surface area (Å²) >= 11 is 6.23. The second-order valence-electron chi connectivity index (χ2n) is 8.11. The molecule has 0 spiro atoms. The molecule has 0 bridgehead atoms. The fourth-order valence-corrected chi connectivity index (χ4v) is 4.15. The summed E-state index contributed by atoms with van der Waals surface area (Å²) in [6.07, 6.45) is 3.38. The molecule has 3 aromatic rings. The highest BCUT2D eigenvalue weighted by Gasteiger charge is 2.18. The Morgan fingerprint density at radius 1 is 1.06 bits per heavy atom. The molecule has 0 aliphatic carbocycles. The molecule has 6 nitrogen and oxygen atoms in total. The summed E-state index contributed by atoms with van der Waals surface area (Å²) in [7, 11) is 2.12. The maximum Gasteiger partial charge on any atom is 0.248 e. The predicted octanol–water partition coefficient (Wildman–Crippen LogP) is 4.55. The number of hydrogen-bond acceptors (Lipinski definition) is 4. The van der Waals surface area contributed by atoms with E-state index in [0.29, 0.717) is 5.02 Å². The Morgan fingerprint density at radius 2 is 1.78 bits per heavy atom. The Labute approximate surface area is 194 Å². The Hall–Kier alpha value is -3.09. The number of piperazine rings is 1. The molecule has 32 heavy (non-hydrogen) atoms. The lowest BCUT2D eigenvalue weighted by Gasteiger charge is -2.35. The fraction of sp³-hybridized carbons (Fsp3) is 0.280. The van der Waals surface area contributed by atoms with Crippen molar-refractivity contribution in [2.45, 2.75) is 13.8 Å². The molecule has 0 saturated carbocycles. The van der Waals surface area contributed by atoms with Crippen molar-refractivity contribution in [1.82, 2.24) is 14.7 Å². The summed E-state index contributed by atoms with van der Waals surface area (Å²) in [5, 5.41) is 8.25. The molecule has 7 heteroatoms. The quantitative estimate of drug-likeness (QED) is 0.581. The number of benzene rings is 2. The lowest BCUT2D eigenvalue weighted by Crippen LogP contribution is -2.44. The maximum atomic E-state index is 12.8. The minimum atomic E-state index is -0.200. The van der Waals surface area contributed by atoms with E-state index in [4.69, 9.17) is 11.6 Å². The number of nitrogens with one attached hydrogen (secondary N) is 1. The van der Waals surface area contributed by atoms with Crippen LogP contribution in [0.4, 0.5) is 11.4 Å². The van der Waals surface area contributed by atoms with Gasteiger partial charge in [-0.2, -0.15) is 5.10 Å². The van der Waals surface area contributed by atoms with E-state index in [1.165, 1.54) is 0 Å². The third-order valence-electron chi connectivity index (χ3n) is 5.81. The number of rotatable bonds is 5. The third-order valence-corrected chi connectivity index (χ3v) is 6.04. The van der Waals surface area contributed by atoms with E-state index >= 15 is 0 Å². The van der Waals surface area contributed by atoms with E-state index in [-0.39, 0.29) is 5.91 Å². The van der Waals surface area contributed by atoms with Gasteiger partial charge in [0, 0.05) is 48.5 Å². The largest absolute Gasteiger partial charge is 0.367 e. The number of halogens is 1. The summed E-state index contributed by atoms with van der Waals surface area (Å²) in [5.74, 6) is -0.200. The highest BCUT2D eigenvalue weighted by molar-refractivity contribution is 6.31. The number of aryl methyl sites for hydroxylation is 1. The molecule has 0 radical (unpaired) electrons. The van der Waals surface area contributed by atoms with Gasteiger partial charge in [-0.05, 0) is 57.3 Å². The Morgan fingerprint density at radius 3 is 2.50 bits per heavy atom. The normalized spacial score (nSPS) is 14.8. The average Bonchev–Trinajstić information content (AvgIpc) is 3.07. The van der Waals surface area contributed by atoms with Crippen LogP contribution in [-0.2, 0) is 4.79 Å². The van der Waals surface area contributed by atoms with Crippen LogP contribution in [0.3, 0.4) is 0 Å². The molecular weight excluding hydrogens is 422 g/mol. The van der Waals surface area contributed by atoms with Crippen LogP contribution in [0.5, 0.6) is 0 Å². The van der Waals surface area contributed by atoms with Gasteiger partial charge in [-0.3, -0.25) is 4.79 Å². The summed E-state index contributed by atoms with van der Waals surface area (Å²) in [6.45, 7) is 7.75. The van der Waals surface area contributed by atoms with Crippen LogP contribution in [0, 0.1) is 13.8 Å². The fourth-order valence-electron chi connectivity index (χ4n) is 3.98. The molecule has 1 fully saturated rings. The molecule has 1 amide bonds. The molecule has 0 atom stereocenters. The van der Waals surface area contributed by atoms with Crippen molar-refractivity contribution in [2.75, 3.05) is 43.4 Å². The van der Waals surface area contributed by atoms with Gasteiger partial charge in [0.1, 0.15) is 0 Å². The lowest BCUT2D eigenvalue weighted by molar-refractivity contribution is -0.111. The lowest BCUT2D eigenvalue weighted by atomic mass is 10.1.